The van der Waals surface area contributed by atoms with E-state index in [-0.39, 0.29) is 57.3 Å². The summed E-state index contributed by atoms with van der Waals surface area (Å²) in [4.78, 5) is 70.2. The van der Waals surface area contributed by atoms with Crippen molar-refractivity contribution in [3.8, 4) is 11.1 Å². The number of thioether (sulfide) groups is 1. The van der Waals surface area contributed by atoms with Gasteiger partial charge in [0.15, 0.2) is 12.1 Å². The summed E-state index contributed by atoms with van der Waals surface area (Å²) in [6.45, 7) is 9.44. The monoisotopic (exact) mass is 978 g/mol. The highest BCUT2D eigenvalue weighted by Gasteiger charge is 2.57. The predicted molar refractivity (Wildman–Crippen MR) is 265 cm³/mol. The van der Waals surface area contributed by atoms with Crippen LogP contribution in [0.1, 0.15) is 82.1 Å². The van der Waals surface area contributed by atoms with Crippen LogP contribution in [0.5, 0.6) is 0 Å². The molecule has 8 atom stereocenters. The lowest BCUT2D eigenvalue weighted by atomic mass is 9.97. The molecule has 70 heavy (non-hydrogen) atoms. The fourth-order valence-corrected chi connectivity index (χ4v) is 9.78. The third-order valence-electron chi connectivity index (χ3n) is 12.5. The molecule has 0 unspecified atom stereocenters. The minimum atomic E-state index is -1.17. The Morgan fingerprint density at radius 3 is 1.91 bits per heavy atom. The molecule has 4 amide bonds. The number of esters is 1. The SMILES string of the molecule is CCOC(=O)C[C@H](NC(=O)[C@@H](CC(C)C)NC(=O)[C@H](Cc1ccccc1)NC(=O)[C@@H](CCSC)NC(=O)OCC1c2ccccc2-c2ccccc21)[C@H]1O[C@@H]2OC(C)(C)O[C@@H]2[C@H]1OCc1ccccc1. The van der Waals surface area contributed by atoms with Crippen LogP contribution in [0.25, 0.3) is 11.1 Å². The van der Waals surface area contributed by atoms with Gasteiger partial charge in [0.25, 0.3) is 0 Å². The fourth-order valence-electron chi connectivity index (χ4n) is 9.31. The number of benzene rings is 4. The number of ether oxygens (including phenoxy) is 6. The first-order valence-electron chi connectivity index (χ1n) is 24.1. The van der Waals surface area contributed by atoms with E-state index in [1.54, 1.807) is 20.8 Å². The quantitative estimate of drug-likeness (QED) is 0.0570. The summed E-state index contributed by atoms with van der Waals surface area (Å²) in [7, 11) is 0. The van der Waals surface area contributed by atoms with E-state index in [9.17, 15) is 24.0 Å². The van der Waals surface area contributed by atoms with Crippen molar-refractivity contribution < 1.29 is 52.4 Å². The number of nitrogens with one attached hydrogen (secondary N) is 4. The van der Waals surface area contributed by atoms with Crippen LogP contribution in [0.2, 0.25) is 0 Å². The van der Waals surface area contributed by atoms with Gasteiger partial charge in [0.2, 0.25) is 17.7 Å². The Morgan fingerprint density at radius 1 is 0.700 bits per heavy atom. The van der Waals surface area contributed by atoms with Gasteiger partial charge >= 0.3 is 12.1 Å². The Kier molecular flexibility index (Phi) is 18.1. The lowest BCUT2D eigenvalue weighted by molar-refractivity contribution is -0.223. The summed E-state index contributed by atoms with van der Waals surface area (Å²) in [5, 5.41) is 11.6. The van der Waals surface area contributed by atoms with E-state index >= 15 is 0 Å². The molecule has 7 rings (SSSR count). The topological polar surface area (TPSA) is 189 Å². The molecule has 374 valence electrons. The van der Waals surface area contributed by atoms with Gasteiger partial charge in [0.05, 0.1) is 25.7 Å². The molecule has 15 nitrogen and oxygen atoms in total. The Balaban J connectivity index is 1.07. The molecular formula is C54H66N4O11S. The summed E-state index contributed by atoms with van der Waals surface area (Å²) in [6, 6.07) is 30.5. The van der Waals surface area contributed by atoms with Crippen LogP contribution < -0.4 is 21.3 Å². The highest BCUT2D eigenvalue weighted by Crippen LogP contribution is 2.45. The van der Waals surface area contributed by atoms with Crippen molar-refractivity contribution in [3.63, 3.8) is 0 Å². The maximum Gasteiger partial charge on any atom is 0.407 e. The molecule has 0 aromatic heterocycles. The lowest BCUT2D eigenvalue weighted by Gasteiger charge is -2.32. The molecule has 4 N–H and O–H groups in total. The Hall–Kier alpha value is -5.78. The van der Waals surface area contributed by atoms with E-state index in [1.807, 2.05) is 117 Å². The van der Waals surface area contributed by atoms with E-state index in [2.05, 4.69) is 33.4 Å². The van der Waals surface area contributed by atoms with Gasteiger partial charge in [-0.05, 0) is 84.9 Å². The summed E-state index contributed by atoms with van der Waals surface area (Å²) in [5.74, 6) is -3.07. The van der Waals surface area contributed by atoms with Crippen LogP contribution in [0.4, 0.5) is 4.79 Å². The van der Waals surface area contributed by atoms with Crippen LogP contribution in [0.3, 0.4) is 0 Å². The van der Waals surface area contributed by atoms with Gasteiger partial charge in [-0.2, -0.15) is 11.8 Å². The minimum absolute atomic E-state index is 0.0604. The van der Waals surface area contributed by atoms with Gasteiger partial charge in [-0.25, -0.2) is 4.79 Å². The third-order valence-corrected chi connectivity index (χ3v) is 13.2. The number of hydrogen-bond acceptors (Lipinski definition) is 12. The molecule has 2 fully saturated rings. The zero-order valence-corrected chi connectivity index (χ0v) is 41.5. The maximum absolute atomic E-state index is 14.6. The average molecular weight is 979 g/mol. The van der Waals surface area contributed by atoms with Crippen LogP contribution in [0, 0.1) is 5.92 Å². The molecular weight excluding hydrogens is 913 g/mol. The van der Waals surface area contributed by atoms with Crippen molar-refractivity contribution in [2.24, 2.45) is 5.92 Å². The molecule has 0 spiro atoms. The summed E-state index contributed by atoms with van der Waals surface area (Å²) in [6.07, 6.45) is -1.84. The smallest absolute Gasteiger partial charge is 0.407 e. The Morgan fingerprint density at radius 2 is 1.29 bits per heavy atom. The average Bonchev–Trinajstić information content (AvgIpc) is 3.95. The highest BCUT2D eigenvalue weighted by atomic mass is 32.2. The molecule has 0 radical (unpaired) electrons. The van der Waals surface area contributed by atoms with Crippen molar-refractivity contribution in [2.75, 3.05) is 25.2 Å². The number of amides is 4. The first-order chi connectivity index (χ1) is 33.7. The Bertz CT molecular complexity index is 2360. The molecule has 2 aliphatic heterocycles. The van der Waals surface area contributed by atoms with Gasteiger partial charge in [-0.3, -0.25) is 19.2 Å². The second kappa shape index (κ2) is 24.4. The molecule has 1 aliphatic carbocycles. The van der Waals surface area contributed by atoms with Crippen LogP contribution >= 0.6 is 11.8 Å². The first-order valence-corrected chi connectivity index (χ1v) is 25.5. The van der Waals surface area contributed by atoms with Crippen LogP contribution in [0.15, 0.2) is 109 Å². The van der Waals surface area contributed by atoms with Gasteiger partial charge in [0, 0.05) is 12.3 Å². The van der Waals surface area contributed by atoms with Crippen molar-refractivity contribution in [2.45, 2.75) is 127 Å². The second-order valence-corrected chi connectivity index (χ2v) is 19.7. The zero-order valence-electron chi connectivity index (χ0n) is 40.7. The molecule has 3 aliphatic rings. The van der Waals surface area contributed by atoms with Gasteiger partial charge in [0.1, 0.15) is 43.0 Å². The number of carbonyl (C=O) groups is 5. The fraction of sp³-hybridized carbons (Fsp3) is 0.463. The molecule has 2 heterocycles. The normalized spacial score (nSPS) is 20.5. The van der Waals surface area contributed by atoms with E-state index in [0.29, 0.717) is 5.75 Å². The summed E-state index contributed by atoms with van der Waals surface area (Å²) in [5.41, 5.74) is 5.95. The van der Waals surface area contributed by atoms with E-state index in [4.69, 9.17) is 28.4 Å². The minimum Gasteiger partial charge on any atom is -0.466 e. The number of alkyl carbamates (subject to hydrolysis) is 1. The van der Waals surface area contributed by atoms with E-state index in [0.717, 1.165) is 33.4 Å². The highest BCUT2D eigenvalue weighted by molar-refractivity contribution is 7.98. The third kappa shape index (κ3) is 13.5. The van der Waals surface area contributed by atoms with Gasteiger partial charge in [-0.1, -0.05) is 123 Å². The molecule has 0 bridgehead atoms. The van der Waals surface area contributed by atoms with E-state index < -0.39 is 84.3 Å². The Labute approximate surface area is 414 Å². The van der Waals surface area contributed by atoms with Crippen molar-refractivity contribution in [1.29, 1.82) is 0 Å². The van der Waals surface area contributed by atoms with Crippen molar-refractivity contribution >= 4 is 41.5 Å². The van der Waals surface area contributed by atoms with Gasteiger partial charge in [-0.15, -0.1) is 0 Å². The summed E-state index contributed by atoms with van der Waals surface area (Å²) >= 11 is 1.51. The van der Waals surface area contributed by atoms with Crippen LogP contribution in [-0.4, -0.2) is 110 Å². The van der Waals surface area contributed by atoms with Crippen LogP contribution in [-0.2, 0) is 60.6 Å². The van der Waals surface area contributed by atoms with Crippen molar-refractivity contribution in [3.05, 3.63) is 131 Å². The maximum atomic E-state index is 14.6. The van der Waals surface area contributed by atoms with E-state index in [1.165, 1.54) is 11.8 Å². The standard InChI is InChI=1S/C54H66N4O11S/c1-7-64-45(59)30-42(46-47(65-31-35-20-12-9-13-21-35)48-52(67-46)69-54(4,5)68-48)55-50(61)43(28-33(2)3)56-51(62)44(29-34-18-10-8-11-19-34)57-49(60)41(26-27-70-6)58-53(63)66-32-40-38-24-16-14-22-36(38)37-23-15-17-25-39(37)40/h8-25,33,40-44,46-48,52H,7,26-32H2,1-6H3,(H,55,61)(H,56,62)(H,57,60)(H,58,63)/t41-,42+,43-,44+,46-,47+,48-,52-/m1/s1. The predicted octanol–water partition coefficient (Wildman–Crippen LogP) is 6.81. The number of hydrogen-bond donors (Lipinski definition) is 4. The molecule has 4 aromatic rings. The number of fused-ring (bicyclic) bond motifs is 4. The lowest BCUT2D eigenvalue weighted by Crippen LogP contribution is -2.59. The summed E-state index contributed by atoms with van der Waals surface area (Å²) < 4.78 is 36.4. The largest absolute Gasteiger partial charge is 0.466 e. The first kappa shape index (κ1) is 52.1. The molecule has 2 saturated heterocycles. The number of rotatable bonds is 23. The zero-order chi connectivity index (χ0) is 49.8. The molecule has 0 saturated carbocycles. The molecule has 16 heteroatoms. The second-order valence-electron chi connectivity index (χ2n) is 18.7. The van der Waals surface area contributed by atoms with Crippen molar-refractivity contribution in [1.82, 2.24) is 21.3 Å². The molecule has 4 aromatic carbocycles. The number of carbonyl (C=O) groups excluding carboxylic acids is 5. The van der Waals surface area contributed by atoms with Gasteiger partial charge < -0.3 is 49.7 Å².